The lowest BCUT2D eigenvalue weighted by Crippen LogP contribution is -2.07. The fourth-order valence-corrected chi connectivity index (χ4v) is 0.899. The van der Waals surface area contributed by atoms with Crippen LogP contribution in [0, 0.1) is 11.8 Å². The van der Waals surface area contributed by atoms with Crippen molar-refractivity contribution in [2.75, 3.05) is 6.61 Å². The van der Waals surface area contributed by atoms with Gasteiger partial charge in [0.25, 0.3) is 0 Å². The predicted molar refractivity (Wildman–Crippen MR) is 38.4 cm³/mol. The summed E-state index contributed by atoms with van der Waals surface area (Å²) in [6, 6.07) is 0. The van der Waals surface area contributed by atoms with E-state index in [1.165, 1.54) is 0 Å². The Hall–Kier alpha value is -0.790. The van der Waals surface area contributed by atoms with Crippen LogP contribution < -0.4 is 0 Å². The minimum absolute atomic E-state index is 0.0626. The summed E-state index contributed by atoms with van der Waals surface area (Å²) in [5.41, 5.74) is 0. The van der Waals surface area contributed by atoms with Gasteiger partial charge in [0.2, 0.25) is 0 Å². The van der Waals surface area contributed by atoms with Gasteiger partial charge >= 0.3 is 5.97 Å². The molecule has 1 aliphatic carbocycles. The zero-order valence-corrected chi connectivity index (χ0v) is 6.17. The van der Waals surface area contributed by atoms with Crippen LogP contribution in [0.2, 0.25) is 0 Å². The van der Waals surface area contributed by atoms with Crippen LogP contribution in [0.1, 0.15) is 13.3 Å². The highest BCUT2D eigenvalue weighted by Crippen LogP contribution is 2.38. The zero-order chi connectivity index (χ0) is 7.56. The molecule has 1 rings (SSSR count). The molecule has 0 radical (unpaired) electrons. The van der Waals surface area contributed by atoms with Crippen molar-refractivity contribution in [3.8, 4) is 0 Å². The Balaban J connectivity index is 2.16. The second-order valence-electron chi connectivity index (χ2n) is 2.74. The van der Waals surface area contributed by atoms with Gasteiger partial charge in [0.15, 0.2) is 0 Å². The normalized spacial score (nSPS) is 29.3. The van der Waals surface area contributed by atoms with Crippen LogP contribution in [0.15, 0.2) is 12.7 Å². The molecule has 0 bridgehead atoms. The van der Waals surface area contributed by atoms with Gasteiger partial charge in [-0.2, -0.15) is 0 Å². The first-order valence-electron chi connectivity index (χ1n) is 3.53. The van der Waals surface area contributed by atoms with E-state index >= 15 is 0 Å². The quantitative estimate of drug-likeness (QED) is 0.437. The van der Waals surface area contributed by atoms with Gasteiger partial charge in [-0.05, 0) is 12.3 Å². The van der Waals surface area contributed by atoms with Gasteiger partial charge in [0, 0.05) is 0 Å². The molecule has 2 atom stereocenters. The van der Waals surface area contributed by atoms with Gasteiger partial charge in [-0.25, -0.2) is 0 Å². The molecule has 0 amide bonds. The highest BCUT2D eigenvalue weighted by molar-refractivity contribution is 5.75. The summed E-state index contributed by atoms with van der Waals surface area (Å²) in [6.07, 6.45) is 2.58. The molecule has 0 aromatic carbocycles. The maximum atomic E-state index is 10.9. The van der Waals surface area contributed by atoms with E-state index in [0.717, 1.165) is 6.42 Å². The highest BCUT2D eigenvalue weighted by atomic mass is 16.5. The molecule has 0 spiro atoms. The molecule has 2 heteroatoms. The van der Waals surface area contributed by atoms with Gasteiger partial charge in [0.1, 0.15) is 6.61 Å². The number of esters is 1. The second-order valence-corrected chi connectivity index (χ2v) is 2.74. The molecule has 1 aliphatic rings. The Morgan fingerprint density at radius 2 is 2.50 bits per heavy atom. The first-order chi connectivity index (χ1) is 4.75. The van der Waals surface area contributed by atoms with E-state index in [4.69, 9.17) is 4.74 Å². The van der Waals surface area contributed by atoms with E-state index in [-0.39, 0.29) is 11.9 Å². The van der Waals surface area contributed by atoms with E-state index < -0.39 is 0 Å². The zero-order valence-electron chi connectivity index (χ0n) is 6.17. The lowest BCUT2D eigenvalue weighted by molar-refractivity contribution is -0.144. The van der Waals surface area contributed by atoms with Crippen molar-refractivity contribution >= 4 is 5.97 Å². The van der Waals surface area contributed by atoms with Crippen LogP contribution in [0.3, 0.4) is 0 Å². The average molecular weight is 140 g/mol. The largest absolute Gasteiger partial charge is 0.461 e. The molecule has 1 saturated carbocycles. The Bertz CT molecular complexity index is 151. The maximum Gasteiger partial charge on any atom is 0.309 e. The number of rotatable bonds is 3. The first-order valence-corrected chi connectivity index (χ1v) is 3.53. The molecular weight excluding hydrogens is 128 g/mol. The third-order valence-electron chi connectivity index (χ3n) is 1.76. The molecule has 0 aliphatic heterocycles. The predicted octanol–water partition coefficient (Wildman–Crippen LogP) is 1.37. The Morgan fingerprint density at radius 1 is 1.90 bits per heavy atom. The van der Waals surface area contributed by atoms with Crippen LogP contribution in [0.25, 0.3) is 0 Å². The van der Waals surface area contributed by atoms with Gasteiger partial charge in [0.05, 0.1) is 5.92 Å². The maximum absolute atomic E-state index is 10.9. The summed E-state index contributed by atoms with van der Waals surface area (Å²) >= 11 is 0. The van der Waals surface area contributed by atoms with Crippen LogP contribution >= 0.6 is 0 Å². The number of hydrogen-bond donors (Lipinski definition) is 0. The lowest BCUT2D eigenvalue weighted by Gasteiger charge is -1.97. The lowest BCUT2D eigenvalue weighted by atomic mass is 10.3. The summed E-state index contributed by atoms with van der Waals surface area (Å²) in [7, 11) is 0. The Kier molecular flexibility index (Phi) is 2.10. The summed E-state index contributed by atoms with van der Waals surface area (Å²) in [5.74, 6) is 0.657. The SMILES string of the molecule is C=CCOC(=O)C1CC1C. The number of ether oxygens (including phenoxy) is 1. The van der Waals surface area contributed by atoms with Gasteiger partial charge in [-0.3, -0.25) is 4.79 Å². The van der Waals surface area contributed by atoms with Crippen molar-refractivity contribution in [3.63, 3.8) is 0 Å². The van der Waals surface area contributed by atoms with Gasteiger partial charge in [-0.15, -0.1) is 0 Å². The van der Waals surface area contributed by atoms with Crippen LogP contribution in [0.5, 0.6) is 0 Å². The fraction of sp³-hybridized carbons (Fsp3) is 0.625. The summed E-state index contributed by atoms with van der Waals surface area (Å²) in [6.45, 7) is 5.86. The van der Waals surface area contributed by atoms with Crippen LogP contribution in [-0.2, 0) is 9.53 Å². The molecule has 0 aromatic rings. The summed E-state index contributed by atoms with van der Waals surface area (Å²) < 4.78 is 4.83. The van der Waals surface area contributed by atoms with Crippen molar-refractivity contribution in [2.45, 2.75) is 13.3 Å². The number of hydrogen-bond acceptors (Lipinski definition) is 2. The van der Waals surface area contributed by atoms with E-state index in [1.54, 1.807) is 6.08 Å². The highest BCUT2D eigenvalue weighted by Gasteiger charge is 2.40. The first kappa shape index (κ1) is 7.32. The molecule has 0 N–H and O–H groups in total. The van der Waals surface area contributed by atoms with E-state index in [0.29, 0.717) is 12.5 Å². The molecule has 56 valence electrons. The average Bonchev–Trinajstić information content (AvgIpc) is 2.62. The monoisotopic (exact) mass is 140 g/mol. The molecule has 2 unspecified atom stereocenters. The molecule has 2 nitrogen and oxygen atoms in total. The smallest absolute Gasteiger partial charge is 0.309 e. The standard InChI is InChI=1S/C8H12O2/c1-3-4-10-8(9)7-5-6(7)2/h3,6-7H,1,4-5H2,2H3. The fourth-order valence-electron chi connectivity index (χ4n) is 0.899. The number of carbonyl (C=O) groups excluding carboxylic acids is 1. The molecule has 1 fully saturated rings. The van der Waals surface area contributed by atoms with Crippen molar-refractivity contribution in [3.05, 3.63) is 12.7 Å². The van der Waals surface area contributed by atoms with Crippen LogP contribution in [0.4, 0.5) is 0 Å². The van der Waals surface area contributed by atoms with E-state index in [9.17, 15) is 4.79 Å². The minimum Gasteiger partial charge on any atom is -0.461 e. The number of carbonyl (C=O) groups is 1. The Morgan fingerprint density at radius 3 is 2.90 bits per heavy atom. The Labute approximate surface area is 60.9 Å². The molecular formula is C8H12O2. The molecule has 10 heavy (non-hydrogen) atoms. The van der Waals surface area contributed by atoms with E-state index in [1.807, 2.05) is 0 Å². The molecule has 0 heterocycles. The second kappa shape index (κ2) is 2.86. The van der Waals surface area contributed by atoms with Crippen molar-refractivity contribution in [1.29, 1.82) is 0 Å². The van der Waals surface area contributed by atoms with E-state index in [2.05, 4.69) is 13.5 Å². The molecule has 0 aromatic heterocycles. The summed E-state index contributed by atoms with van der Waals surface area (Å²) in [5, 5.41) is 0. The van der Waals surface area contributed by atoms with Crippen LogP contribution in [-0.4, -0.2) is 12.6 Å². The molecule has 0 saturated heterocycles. The third-order valence-corrected chi connectivity index (χ3v) is 1.76. The van der Waals surface area contributed by atoms with Crippen molar-refractivity contribution in [2.24, 2.45) is 11.8 Å². The van der Waals surface area contributed by atoms with Gasteiger partial charge in [-0.1, -0.05) is 19.6 Å². The third kappa shape index (κ3) is 1.59. The van der Waals surface area contributed by atoms with Crippen molar-refractivity contribution in [1.82, 2.24) is 0 Å². The summed E-state index contributed by atoms with van der Waals surface area (Å²) in [4.78, 5) is 10.9. The topological polar surface area (TPSA) is 26.3 Å². The minimum atomic E-state index is -0.0626. The van der Waals surface area contributed by atoms with Gasteiger partial charge < -0.3 is 4.74 Å². The van der Waals surface area contributed by atoms with Crippen molar-refractivity contribution < 1.29 is 9.53 Å².